The average Bonchev–Trinajstić information content (AvgIpc) is 3.59. The average molecular weight is 449 g/mol. The zero-order chi connectivity index (χ0) is 21.3. The van der Waals surface area contributed by atoms with Gasteiger partial charge in [-0.15, -0.1) is 22.7 Å². The monoisotopic (exact) mass is 448 g/mol. The fourth-order valence-electron chi connectivity index (χ4n) is 3.87. The fourth-order valence-corrected chi connectivity index (χ4v) is 5.06. The molecular weight excluding hydrogens is 432 g/mol. The van der Waals surface area contributed by atoms with Crippen LogP contribution in [0.1, 0.15) is 0 Å². The fraction of sp³-hybridized carbons (Fsp3) is 0. The molecule has 0 bridgehead atoms. The van der Waals surface area contributed by atoms with Crippen LogP contribution in [0.4, 0.5) is 0 Å². The summed E-state index contributed by atoms with van der Waals surface area (Å²) in [5, 5.41) is 2.31. The standard InChI is InChI=1S/C26H16N4S2/c1-2-6-18-17(5-1)19(21-7-3-9-23(29-21)25-13-27-15-31-25)11-12-20(18)22-8-4-10-24(30-22)26-14-28-16-32-26/h1-16H. The quantitative estimate of drug-likeness (QED) is 0.286. The third-order valence-corrected chi connectivity index (χ3v) is 6.93. The summed E-state index contributed by atoms with van der Waals surface area (Å²) in [6, 6.07) is 25.1. The molecule has 152 valence electrons. The van der Waals surface area contributed by atoms with E-state index >= 15 is 0 Å². The number of hydrogen-bond acceptors (Lipinski definition) is 6. The number of pyridine rings is 2. The number of benzene rings is 2. The van der Waals surface area contributed by atoms with Crippen LogP contribution in [0, 0.1) is 0 Å². The van der Waals surface area contributed by atoms with E-state index in [1.165, 1.54) is 0 Å². The van der Waals surface area contributed by atoms with E-state index in [1.807, 2.05) is 35.5 Å². The molecule has 0 saturated heterocycles. The topological polar surface area (TPSA) is 51.6 Å². The van der Waals surface area contributed by atoms with Crippen molar-refractivity contribution < 1.29 is 0 Å². The van der Waals surface area contributed by atoms with Gasteiger partial charge in [-0.05, 0) is 35.0 Å². The van der Waals surface area contributed by atoms with Crippen molar-refractivity contribution in [1.82, 2.24) is 19.9 Å². The molecule has 6 heteroatoms. The summed E-state index contributed by atoms with van der Waals surface area (Å²) >= 11 is 3.20. The van der Waals surface area contributed by atoms with Gasteiger partial charge in [-0.25, -0.2) is 9.97 Å². The number of aromatic nitrogens is 4. The molecule has 0 aliphatic heterocycles. The highest BCUT2D eigenvalue weighted by Crippen LogP contribution is 2.36. The summed E-state index contributed by atoms with van der Waals surface area (Å²) < 4.78 is 0. The van der Waals surface area contributed by atoms with Crippen LogP contribution in [0.2, 0.25) is 0 Å². The molecule has 0 unspecified atom stereocenters. The van der Waals surface area contributed by atoms with Gasteiger partial charge in [0.05, 0.1) is 43.6 Å². The third-order valence-electron chi connectivity index (χ3n) is 5.34. The molecule has 0 radical (unpaired) electrons. The molecule has 0 N–H and O–H groups in total. The first kappa shape index (κ1) is 19.0. The van der Waals surface area contributed by atoms with Crippen molar-refractivity contribution in [2.45, 2.75) is 0 Å². The molecule has 0 spiro atoms. The Hall–Kier alpha value is -3.74. The van der Waals surface area contributed by atoms with Gasteiger partial charge in [-0.1, -0.05) is 48.5 Å². The summed E-state index contributed by atoms with van der Waals surface area (Å²) in [6.07, 6.45) is 3.72. The maximum Gasteiger partial charge on any atom is 0.0825 e. The summed E-state index contributed by atoms with van der Waals surface area (Å²) in [4.78, 5) is 20.4. The first-order valence-corrected chi connectivity index (χ1v) is 11.9. The molecule has 0 saturated carbocycles. The summed E-state index contributed by atoms with van der Waals surface area (Å²) in [5.74, 6) is 0. The lowest BCUT2D eigenvalue weighted by Crippen LogP contribution is -1.91. The molecule has 6 rings (SSSR count). The Morgan fingerprint density at radius 2 is 0.938 bits per heavy atom. The van der Waals surface area contributed by atoms with Gasteiger partial charge in [0.15, 0.2) is 0 Å². The van der Waals surface area contributed by atoms with Gasteiger partial charge in [0.25, 0.3) is 0 Å². The lowest BCUT2D eigenvalue weighted by atomic mass is 9.95. The first-order chi connectivity index (χ1) is 15.9. The molecule has 0 amide bonds. The predicted octanol–water partition coefficient (Wildman–Crippen LogP) is 7.21. The van der Waals surface area contributed by atoms with Crippen LogP contribution in [0.15, 0.2) is 96.2 Å². The molecular formula is C26H16N4S2. The number of thiazole rings is 2. The minimum atomic E-state index is 0.942. The van der Waals surface area contributed by atoms with E-state index in [2.05, 4.69) is 70.6 Å². The molecule has 0 aliphatic rings. The van der Waals surface area contributed by atoms with Crippen LogP contribution in [0.5, 0.6) is 0 Å². The molecule has 4 nitrogen and oxygen atoms in total. The van der Waals surface area contributed by atoms with Gasteiger partial charge in [0, 0.05) is 23.5 Å². The van der Waals surface area contributed by atoms with E-state index < -0.39 is 0 Å². The Bertz CT molecular complexity index is 1410. The van der Waals surface area contributed by atoms with Gasteiger partial charge >= 0.3 is 0 Å². The Balaban J connectivity index is 1.50. The maximum absolute atomic E-state index is 4.94. The number of fused-ring (bicyclic) bond motifs is 1. The van der Waals surface area contributed by atoms with Crippen molar-refractivity contribution >= 4 is 33.4 Å². The van der Waals surface area contributed by atoms with E-state index in [0.29, 0.717) is 0 Å². The van der Waals surface area contributed by atoms with Crippen molar-refractivity contribution in [1.29, 1.82) is 0 Å². The highest BCUT2D eigenvalue weighted by atomic mass is 32.1. The van der Waals surface area contributed by atoms with E-state index in [1.54, 1.807) is 22.7 Å². The van der Waals surface area contributed by atoms with Crippen LogP contribution in [-0.2, 0) is 0 Å². The van der Waals surface area contributed by atoms with Gasteiger partial charge in [0.2, 0.25) is 0 Å². The van der Waals surface area contributed by atoms with Crippen LogP contribution in [0.3, 0.4) is 0 Å². The summed E-state index contributed by atoms with van der Waals surface area (Å²) in [6.45, 7) is 0. The van der Waals surface area contributed by atoms with Crippen molar-refractivity contribution in [2.24, 2.45) is 0 Å². The van der Waals surface area contributed by atoms with E-state index in [4.69, 9.17) is 9.97 Å². The van der Waals surface area contributed by atoms with Crippen LogP contribution in [0.25, 0.3) is 54.4 Å². The lowest BCUT2D eigenvalue weighted by Gasteiger charge is -2.12. The molecule has 0 fully saturated rings. The van der Waals surface area contributed by atoms with E-state index in [-0.39, 0.29) is 0 Å². The third kappa shape index (κ3) is 3.39. The maximum atomic E-state index is 4.94. The second-order valence-electron chi connectivity index (χ2n) is 7.25. The largest absolute Gasteiger partial charge is 0.252 e. The Kier molecular flexibility index (Phi) is 4.79. The van der Waals surface area contributed by atoms with Crippen molar-refractivity contribution in [3.05, 3.63) is 96.2 Å². The van der Waals surface area contributed by atoms with Crippen molar-refractivity contribution in [3.8, 4) is 43.7 Å². The zero-order valence-corrected chi connectivity index (χ0v) is 18.5. The minimum absolute atomic E-state index is 0.942. The van der Waals surface area contributed by atoms with Crippen LogP contribution >= 0.6 is 22.7 Å². The molecule has 32 heavy (non-hydrogen) atoms. The molecule has 0 atom stereocenters. The van der Waals surface area contributed by atoms with Crippen molar-refractivity contribution in [2.75, 3.05) is 0 Å². The SMILES string of the molecule is c1cc(-c2cncs2)nc(-c2ccc(-c3cccc(-c4cncs4)n3)c3ccccc23)c1. The zero-order valence-electron chi connectivity index (χ0n) is 16.8. The lowest BCUT2D eigenvalue weighted by molar-refractivity contribution is 1.32. The number of hydrogen-bond donors (Lipinski definition) is 0. The second kappa shape index (κ2) is 8.07. The van der Waals surface area contributed by atoms with Crippen LogP contribution < -0.4 is 0 Å². The molecule has 4 aromatic heterocycles. The highest BCUT2D eigenvalue weighted by molar-refractivity contribution is 7.13. The predicted molar refractivity (Wildman–Crippen MR) is 133 cm³/mol. The van der Waals surface area contributed by atoms with Gasteiger partial charge in [-0.3, -0.25) is 9.97 Å². The normalized spacial score (nSPS) is 11.1. The summed E-state index contributed by atoms with van der Waals surface area (Å²) in [7, 11) is 0. The van der Waals surface area contributed by atoms with Crippen LogP contribution in [-0.4, -0.2) is 19.9 Å². The number of rotatable bonds is 4. The smallest absolute Gasteiger partial charge is 0.0825 e. The molecule has 2 aromatic carbocycles. The van der Waals surface area contributed by atoms with Gasteiger partial charge in [-0.2, -0.15) is 0 Å². The Morgan fingerprint density at radius 1 is 0.469 bits per heavy atom. The first-order valence-electron chi connectivity index (χ1n) is 10.1. The highest BCUT2D eigenvalue weighted by Gasteiger charge is 2.13. The number of nitrogens with zero attached hydrogens (tertiary/aromatic N) is 4. The van der Waals surface area contributed by atoms with Crippen molar-refractivity contribution in [3.63, 3.8) is 0 Å². The van der Waals surface area contributed by atoms with E-state index in [9.17, 15) is 0 Å². The van der Waals surface area contributed by atoms with Gasteiger partial charge < -0.3 is 0 Å². The Labute approximate surface area is 193 Å². The van der Waals surface area contributed by atoms with E-state index in [0.717, 1.165) is 54.4 Å². The molecule has 4 heterocycles. The second-order valence-corrected chi connectivity index (χ2v) is 9.03. The summed E-state index contributed by atoms with van der Waals surface area (Å²) in [5.41, 5.74) is 9.66. The minimum Gasteiger partial charge on any atom is -0.252 e. The van der Waals surface area contributed by atoms with Gasteiger partial charge in [0.1, 0.15) is 0 Å². The molecule has 0 aliphatic carbocycles. The molecule has 6 aromatic rings. The Morgan fingerprint density at radius 3 is 1.38 bits per heavy atom.